The monoisotopic (exact) mass is 233 g/mol. The second-order valence-electron chi connectivity index (χ2n) is 5.89. The van der Waals surface area contributed by atoms with Crippen molar-refractivity contribution in [2.45, 2.75) is 44.8 Å². The second kappa shape index (κ2) is 6.05. The van der Waals surface area contributed by atoms with Gasteiger partial charge in [-0.15, -0.1) is 0 Å². The molecular formula is C10H27NOSi2. The van der Waals surface area contributed by atoms with Crippen molar-refractivity contribution in [1.29, 1.82) is 0 Å². The Kier molecular flexibility index (Phi) is 6.20. The summed E-state index contributed by atoms with van der Waals surface area (Å²) in [6, 6.07) is 0. The highest BCUT2D eigenvalue weighted by Gasteiger charge is 2.27. The van der Waals surface area contributed by atoms with Crippen LogP contribution in [0.4, 0.5) is 0 Å². The van der Waals surface area contributed by atoms with E-state index in [0.717, 1.165) is 19.6 Å². The van der Waals surface area contributed by atoms with Crippen LogP contribution in [0, 0.1) is 0 Å². The molecule has 2 nitrogen and oxygen atoms in total. The predicted octanol–water partition coefficient (Wildman–Crippen LogP) is 2.70. The van der Waals surface area contributed by atoms with Crippen molar-refractivity contribution in [3.05, 3.63) is 0 Å². The van der Waals surface area contributed by atoms with Crippen LogP contribution in [-0.2, 0) is 4.74 Å². The van der Waals surface area contributed by atoms with Gasteiger partial charge in [-0.25, -0.2) is 0 Å². The number of hydrogen-bond acceptors (Lipinski definition) is 2. The topological polar surface area (TPSA) is 21.3 Å². The largest absolute Gasteiger partial charge is 0.385 e. The summed E-state index contributed by atoms with van der Waals surface area (Å²) in [6.07, 6.45) is 1.14. The van der Waals surface area contributed by atoms with E-state index in [0.29, 0.717) is 0 Å². The molecule has 0 aliphatic heterocycles. The SMILES string of the molecule is COCCCN[Si](C)(C)C[Si](C)(C)C. The molecule has 0 saturated carbocycles. The summed E-state index contributed by atoms with van der Waals surface area (Å²) in [6.45, 7) is 14.3. The third-order valence-corrected chi connectivity index (χ3v) is 11.1. The average Bonchev–Trinajstić information content (AvgIpc) is 1.93. The van der Waals surface area contributed by atoms with Crippen molar-refractivity contribution >= 4 is 16.3 Å². The first-order chi connectivity index (χ1) is 6.27. The molecule has 86 valence electrons. The Labute approximate surface area is 91.5 Å². The molecule has 0 aliphatic rings. The molecule has 0 fully saturated rings. The van der Waals surface area contributed by atoms with Crippen LogP contribution in [0.25, 0.3) is 0 Å². The van der Waals surface area contributed by atoms with E-state index < -0.39 is 16.3 Å². The zero-order chi connectivity index (χ0) is 11.2. The second-order valence-corrected chi connectivity index (χ2v) is 16.6. The van der Waals surface area contributed by atoms with E-state index in [2.05, 4.69) is 37.7 Å². The van der Waals surface area contributed by atoms with Crippen molar-refractivity contribution in [3.8, 4) is 0 Å². The Hall–Kier alpha value is 0.354. The molecule has 0 aromatic rings. The van der Waals surface area contributed by atoms with E-state index >= 15 is 0 Å². The number of methoxy groups -OCH3 is 1. The van der Waals surface area contributed by atoms with Crippen molar-refractivity contribution < 1.29 is 4.74 Å². The number of nitrogens with one attached hydrogen (secondary N) is 1. The maximum absolute atomic E-state index is 5.04. The van der Waals surface area contributed by atoms with Crippen LogP contribution in [0.3, 0.4) is 0 Å². The summed E-state index contributed by atoms with van der Waals surface area (Å²) in [5, 5.41) is 0. The average molecular weight is 234 g/mol. The third kappa shape index (κ3) is 8.93. The van der Waals surface area contributed by atoms with Gasteiger partial charge in [0.2, 0.25) is 0 Å². The highest BCUT2D eigenvalue weighted by Crippen LogP contribution is 2.16. The fourth-order valence-corrected chi connectivity index (χ4v) is 14.0. The molecule has 0 amide bonds. The Morgan fingerprint density at radius 3 is 2.07 bits per heavy atom. The minimum atomic E-state index is -1.13. The molecule has 0 bridgehead atoms. The summed E-state index contributed by atoms with van der Waals surface area (Å²) in [5.41, 5.74) is 1.47. The standard InChI is InChI=1S/C10H27NOSi2/c1-12-9-7-8-11-14(5,6)10-13(2,3)4/h11H,7-10H2,1-6H3. The van der Waals surface area contributed by atoms with Crippen LogP contribution >= 0.6 is 0 Å². The summed E-state index contributed by atoms with van der Waals surface area (Å²) in [5.74, 6) is 0. The van der Waals surface area contributed by atoms with Gasteiger partial charge in [-0.2, -0.15) is 0 Å². The van der Waals surface area contributed by atoms with Gasteiger partial charge in [0.1, 0.15) is 8.24 Å². The molecule has 0 aliphatic carbocycles. The predicted molar refractivity (Wildman–Crippen MR) is 70.1 cm³/mol. The number of ether oxygens (including phenoxy) is 1. The normalized spacial score (nSPS) is 13.3. The quantitative estimate of drug-likeness (QED) is 0.539. The zero-order valence-corrected chi connectivity index (χ0v) is 12.7. The molecule has 0 atom stereocenters. The highest BCUT2D eigenvalue weighted by atomic mass is 28.4. The van der Waals surface area contributed by atoms with Crippen LogP contribution < -0.4 is 4.98 Å². The van der Waals surface area contributed by atoms with Gasteiger partial charge in [-0.1, -0.05) is 32.7 Å². The zero-order valence-electron chi connectivity index (χ0n) is 10.7. The van der Waals surface area contributed by atoms with E-state index in [-0.39, 0.29) is 0 Å². The van der Waals surface area contributed by atoms with Crippen LogP contribution in [0.1, 0.15) is 6.42 Å². The summed E-state index contributed by atoms with van der Waals surface area (Å²) in [4.78, 5) is 3.74. The van der Waals surface area contributed by atoms with Gasteiger partial charge in [0.15, 0.2) is 0 Å². The van der Waals surface area contributed by atoms with E-state index in [1.807, 2.05) is 0 Å². The lowest BCUT2D eigenvalue weighted by Crippen LogP contribution is -2.50. The fourth-order valence-electron chi connectivity index (χ4n) is 2.03. The molecule has 0 aromatic heterocycles. The lowest BCUT2D eigenvalue weighted by molar-refractivity contribution is 0.196. The molecule has 0 saturated heterocycles. The Bertz CT molecular complexity index is 155. The molecule has 0 spiro atoms. The molecule has 0 heterocycles. The Balaban J connectivity index is 3.72. The molecule has 0 aromatic carbocycles. The van der Waals surface area contributed by atoms with Gasteiger partial charge in [0.25, 0.3) is 0 Å². The summed E-state index contributed by atoms with van der Waals surface area (Å²) in [7, 11) is -0.257. The Morgan fingerprint density at radius 2 is 1.64 bits per heavy atom. The first-order valence-corrected chi connectivity index (χ1v) is 12.4. The van der Waals surface area contributed by atoms with Crippen LogP contribution in [0.2, 0.25) is 38.4 Å². The van der Waals surface area contributed by atoms with Crippen molar-refractivity contribution in [1.82, 2.24) is 4.98 Å². The molecule has 0 unspecified atom stereocenters. The number of rotatable bonds is 7. The molecule has 0 radical (unpaired) electrons. The molecule has 1 N–H and O–H groups in total. The Morgan fingerprint density at radius 1 is 1.07 bits per heavy atom. The van der Waals surface area contributed by atoms with Gasteiger partial charge in [-0.05, 0) is 18.6 Å². The molecule has 14 heavy (non-hydrogen) atoms. The lowest BCUT2D eigenvalue weighted by Gasteiger charge is -2.30. The van der Waals surface area contributed by atoms with Gasteiger partial charge in [0.05, 0.1) is 0 Å². The first-order valence-electron chi connectivity index (χ1n) is 5.51. The first kappa shape index (κ1) is 14.4. The minimum absolute atomic E-state index is 0.879. The maximum Gasteiger partial charge on any atom is 0.116 e. The van der Waals surface area contributed by atoms with Gasteiger partial charge in [-0.3, -0.25) is 0 Å². The van der Waals surface area contributed by atoms with E-state index in [1.54, 1.807) is 7.11 Å². The lowest BCUT2D eigenvalue weighted by atomic mass is 10.5. The van der Waals surface area contributed by atoms with E-state index in [9.17, 15) is 0 Å². The van der Waals surface area contributed by atoms with Gasteiger partial charge >= 0.3 is 0 Å². The number of hydrogen-bond donors (Lipinski definition) is 1. The third-order valence-electron chi connectivity index (χ3n) is 2.10. The molecule has 0 rings (SSSR count). The smallest absolute Gasteiger partial charge is 0.116 e. The van der Waals surface area contributed by atoms with Crippen LogP contribution in [-0.4, -0.2) is 36.6 Å². The maximum atomic E-state index is 5.04. The van der Waals surface area contributed by atoms with Crippen LogP contribution in [0.15, 0.2) is 0 Å². The van der Waals surface area contributed by atoms with Crippen LogP contribution in [0.5, 0.6) is 0 Å². The van der Waals surface area contributed by atoms with Crippen molar-refractivity contribution in [2.75, 3.05) is 20.3 Å². The van der Waals surface area contributed by atoms with Crippen molar-refractivity contribution in [2.24, 2.45) is 0 Å². The minimum Gasteiger partial charge on any atom is -0.385 e. The fraction of sp³-hybridized carbons (Fsp3) is 1.00. The van der Waals surface area contributed by atoms with Gasteiger partial charge < -0.3 is 9.72 Å². The van der Waals surface area contributed by atoms with Crippen molar-refractivity contribution in [3.63, 3.8) is 0 Å². The molecule has 4 heteroatoms. The summed E-state index contributed by atoms with van der Waals surface area (Å²) < 4.78 is 5.04. The van der Waals surface area contributed by atoms with E-state index in [4.69, 9.17) is 4.74 Å². The van der Waals surface area contributed by atoms with E-state index in [1.165, 1.54) is 5.67 Å². The highest BCUT2D eigenvalue weighted by molar-refractivity contribution is 6.93. The van der Waals surface area contributed by atoms with Gasteiger partial charge in [0, 0.05) is 21.8 Å². The summed E-state index contributed by atoms with van der Waals surface area (Å²) >= 11 is 0. The molecular weight excluding hydrogens is 206 g/mol.